The molecule has 0 spiro atoms. The molecule has 2 saturated heterocycles. The van der Waals surface area contributed by atoms with Crippen molar-refractivity contribution in [3.8, 4) is 0 Å². The van der Waals surface area contributed by atoms with E-state index in [9.17, 15) is 23.2 Å². The molecule has 0 radical (unpaired) electrons. The molecule has 0 N–H and O–H groups in total. The van der Waals surface area contributed by atoms with Gasteiger partial charge in [-0.05, 0) is 65.2 Å². The van der Waals surface area contributed by atoms with E-state index in [-0.39, 0.29) is 23.5 Å². The summed E-state index contributed by atoms with van der Waals surface area (Å²) in [6.45, 7) is 14.0. The molecule has 4 rings (SSSR count). The normalized spacial score (nSPS) is 22.2. The summed E-state index contributed by atoms with van der Waals surface area (Å²) in [5.41, 5.74) is 2.26. The zero-order valence-electron chi connectivity index (χ0n) is 22.3. The van der Waals surface area contributed by atoms with Crippen molar-refractivity contribution < 1.29 is 22.7 Å². The van der Waals surface area contributed by atoms with Gasteiger partial charge in [-0.15, -0.1) is 0 Å². The summed E-state index contributed by atoms with van der Waals surface area (Å²) < 4.78 is 39.6. The van der Waals surface area contributed by atoms with Crippen molar-refractivity contribution in [1.82, 2.24) is 14.7 Å². The van der Waals surface area contributed by atoms with Crippen LogP contribution in [-0.2, 0) is 6.18 Å². The molecule has 37 heavy (non-hydrogen) atoms. The Morgan fingerprint density at radius 3 is 2.14 bits per heavy atom. The highest BCUT2D eigenvalue weighted by Crippen LogP contribution is 2.35. The number of pyridine rings is 1. The standard InChI is InChI=1S/C28H37F3N4O2/c1-19-16-34(37)17-20(2)25(19)26(36)32-12-10-27(5,11-13-32)33-14-15-35(21(3)18-33)22(4)23-6-8-24(9-7-23)28(29,30)31/h6-9,16-17,21-22H,10-15,18H2,1-5H3/t21-,22-/m0/s1. The van der Waals surface area contributed by atoms with Crippen molar-refractivity contribution in [1.29, 1.82) is 0 Å². The molecule has 2 aliphatic rings. The van der Waals surface area contributed by atoms with E-state index >= 15 is 0 Å². The molecule has 0 saturated carbocycles. The molecule has 1 amide bonds. The van der Waals surface area contributed by atoms with Crippen LogP contribution in [0.15, 0.2) is 36.7 Å². The van der Waals surface area contributed by atoms with E-state index in [2.05, 4.69) is 30.6 Å². The average Bonchev–Trinajstić information content (AvgIpc) is 2.83. The summed E-state index contributed by atoms with van der Waals surface area (Å²) in [6, 6.07) is 5.79. The summed E-state index contributed by atoms with van der Waals surface area (Å²) in [5.74, 6) is -0.0128. The Morgan fingerprint density at radius 1 is 1.05 bits per heavy atom. The van der Waals surface area contributed by atoms with Gasteiger partial charge in [0.25, 0.3) is 5.91 Å². The van der Waals surface area contributed by atoms with Gasteiger partial charge in [0.2, 0.25) is 0 Å². The topological polar surface area (TPSA) is 53.7 Å². The van der Waals surface area contributed by atoms with Crippen LogP contribution in [0.1, 0.15) is 72.3 Å². The van der Waals surface area contributed by atoms with Crippen molar-refractivity contribution in [2.75, 3.05) is 32.7 Å². The molecule has 6 nitrogen and oxygen atoms in total. The summed E-state index contributed by atoms with van der Waals surface area (Å²) in [4.78, 5) is 20.0. The first kappa shape index (κ1) is 27.4. The molecule has 2 aromatic rings. The van der Waals surface area contributed by atoms with Gasteiger partial charge in [-0.25, -0.2) is 0 Å². The lowest BCUT2D eigenvalue weighted by atomic mass is 9.85. The number of aromatic nitrogens is 1. The lowest BCUT2D eigenvalue weighted by Gasteiger charge is -2.52. The van der Waals surface area contributed by atoms with Gasteiger partial charge in [0.15, 0.2) is 12.4 Å². The number of likely N-dealkylation sites (tertiary alicyclic amines) is 1. The number of hydrogen-bond donors (Lipinski definition) is 0. The van der Waals surface area contributed by atoms with Crippen molar-refractivity contribution in [3.05, 3.63) is 69.7 Å². The van der Waals surface area contributed by atoms with Crippen LogP contribution in [-0.4, -0.2) is 64.9 Å². The number of piperazine rings is 1. The molecule has 1 aromatic carbocycles. The minimum Gasteiger partial charge on any atom is -0.619 e. The number of carbonyl (C=O) groups excluding carboxylic acids is 1. The first-order chi connectivity index (χ1) is 17.3. The first-order valence-electron chi connectivity index (χ1n) is 13.0. The molecule has 3 heterocycles. The van der Waals surface area contributed by atoms with Crippen LogP contribution in [0.4, 0.5) is 13.2 Å². The molecule has 1 aromatic heterocycles. The Morgan fingerprint density at radius 2 is 1.62 bits per heavy atom. The summed E-state index contributed by atoms with van der Waals surface area (Å²) in [6.07, 6.45) is 0.301. The summed E-state index contributed by atoms with van der Waals surface area (Å²) in [7, 11) is 0. The maximum atomic E-state index is 13.3. The third kappa shape index (κ3) is 5.62. The Kier molecular flexibility index (Phi) is 7.59. The number of nitrogens with zero attached hydrogens (tertiary/aromatic N) is 4. The van der Waals surface area contributed by atoms with E-state index in [4.69, 9.17) is 0 Å². The predicted molar refractivity (Wildman–Crippen MR) is 136 cm³/mol. The van der Waals surface area contributed by atoms with Gasteiger partial charge in [-0.1, -0.05) is 12.1 Å². The van der Waals surface area contributed by atoms with Gasteiger partial charge in [0, 0.05) is 61.5 Å². The van der Waals surface area contributed by atoms with Crippen molar-refractivity contribution in [3.63, 3.8) is 0 Å². The number of aryl methyl sites for hydroxylation is 2. The van der Waals surface area contributed by atoms with Crippen LogP contribution in [0.5, 0.6) is 0 Å². The molecular weight excluding hydrogens is 481 g/mol. The summed E-state index contributed by atoms with van der Waals surface area (Å²) >= 11 is 0. The van der Waals surface area contributed by atoms with Crippen molar-refractivity contribution in [2.24, 2.45) is 0 Å². The van der Waals surface area contributed by atoms with E-state index in [0.717, 1.165) is 42.8 Å². The third-order valence-electron chi connectivity index (χ3n) is 8.43. The number of piperidine rings is 1. The van der Waals surface area contributed by atoms with Gasteiger partial charge in [0.1, 0.15) is 0 Å². The Hall–Kier alpha value is -2.65. The summed E-state index contributed by atoms with van der Waals surface area (Å²) in [5, 5.41) is 11.7. The average molecular weight is 519 g/mol. The van der Waals surface area contributed by atoms with Crippen molar-refractivity contribution >= 4 is 5.91 Å². The molecule has 2 atom stereocenters. The number of amides is 1. The quantitative estimate of drug-likeness (QED) is 0.434. The van der Waals surface area contributed by atoms with Gasteiger partial charge < -0.3 is 10.1 Å². The Labute approximate surface area is 217 Å². The SMILES string of the molecule is Cc1c[n+]([O-])cc(C)c1C(=O)N1CCC(C)(N2CCN([C@@H](C)c3ccc(C(F)(F)F)cc3)[C@@H](C)C2)CC1. The van der Waals surface area contributed by atoms with Crippen LogP contribution in [0.25, 0.3) is 0 Å². The van der Waals surface area contributed by atoms with E-state index in [0.29, 0.717) is 29.8 Å². The number of rotatable bonds is 4. The lowest BCUT2D eigenvalue weighted by Crippen LogP contribution is -2.62. The smallest absolute Gasteiger partial charge is 0.416 e. The minimum absolute atomic E-state index is 0.0128. The number of hydrogen-bond acceptors (Lipinski definition) is 4. The number of halogens is 3. The van der Waals surface area contributed by atoms with E-state index in [1.54, 1.807) is 26.0 Å². The maximum Gasteiger partial charge on any atom is 0.416 e. The van der Waals surface area contributed by atoms with Gasteiger partial charge in [-0.3, -0.25) is 14.6 Å². The molecule has 2 fully saturated rings. The third-order valence-corrected chi connectivity index (χ3v) is 8.43. The van der Waals surface area contributed by atoms with Crippen LogP contribution in [0.3, 0.4) is 0 Å². The highest BCUT2D eigenvalue weighted by atomic mass is 19.4. The Balaban J connectivity index is 1.36. The minimum atomic E-state index is -4.32. The lowest BCUT2D eigenvalue weighted by molar-refractivity contribution is -0.606. The second-order valence-electron chi connectivity index (χ2n) is 11.0. The molecule has 9 heteroatoms. The van der Waals surface area contributed by atoms with E-state index in [1.807, 2.05) is 4.90 Å². The second kappa shape index (κ2) is 10.3. The predicted octanol–water partition coefficient (Wildman–Crippen LogP) is 4.72. The van der Waals surface area contributed by atoms with Gasteiger partial charge in [-0.2, -0.15) is 17.9 Å². The fraction of sp³-hybridized carbons (Fsp3) is 0.571. The molecule has 2 aliphatic heterocycles. The molecule has 0 aliphatic carbocycles. The zero-order chi connectivity index (χ0) is 27.1. The molecular formula is C28H37F3N4O2. The highest BCUT2D eigenvalue weighted by Gasteiger charge is 2.41. The second-order valence-corrected chi connectivity index (χ2v) is 11.0. The number of alkyl halides is 3. The van der Waals surface area contributed by atoms with Crippen LogP contribution < -0.4 is 4.73 Å². The zero-order valence-corrected chi connectivity index (χ0v) is 22.3. The van der Waals surface area contributed by atoms with Crippen LogP contribution in [0.2, 0.25) is 0 Å². The highest BCUT2D eigenvalue weighted by molar-refractivity contribution is 5.96. The maximum absolute atomic E-state index is 13.3. The monoisotopic (exact) mass is 518 g/mol. The van der Waals surface area contributed by atoms with E-state index in [1.165, 1.54) is 24.5 Å². The molecule has 0 unspecified atom stereocenters. The first-order valence-corrected chi connectivity index (χ1v) is 13.0. The van der Waals surface area contributed by atoms with E-state index < -0.39 is 11.7 Å². The van der Waals surface area contributed by atoms with Crippen molar-refractivity contribution in [2.45, 2.75) is 71.3 Å². The Bertz CT molecular complexity index is 1100. The van der Waals surface area contributed by atoms with Crippen LogP contribution >= 0.6 is 0 Å². The fourth-order valence-corrected chi connectivity index (χ4v) is 6.04. The van der Waals surface area contributed by atoms with Crippen LogP contribution in [0, 0.1) is 19.1 Å². The van der Waals surface area contributed by atoms with Gasteiger partial charge >= 0.3 is 6.18 Å². The fourth-order valence-electron chi connectivity index (χ4n) is 6.04. The number of benzene rings is 1. The molecule has 0 bridgehead atoms. The largest absolute Gasteiger partial charge is 0.619 e. The number of carbonyl (C=O) groups is 1. The van der Waals surface area contributed by atoms with Gasteiger partial charge in [0.05, 0.1) is 11.1 Å². The molecule has 202 valence electrons.